The molecule has 232 valence electrons. The second kappa shape index (κ2) is 13.7. The van der Waals surface area contributed by atoms with Gasteiger partial charge >= 0.3 is 5.97 Å². The van der Waals surface area contributed by atoms with Gasteiger partial charge in [-0.15, -0.1) is 0 Å². The molecule has 0 saturated carbocycles. The highest BCUT2D eigenvalue weighted by molar-refractivity contribution is 5.88. The number of unbranched alkanes of at least 4 members (excludes halogenated alkanes) is 1. The van der Waals surface area contributed by atoms with E-state index in [1.807, 2.05) is 46.0 Å². The molecule has 2 fully saturated rings. The summed E-state index contributed by atoms with van der Waals surface area (Å²) in [4.78, 5) is 29.8. The van der Waals surface area contributed by atoms with Gasteiger partial charge in [0.25, 0.3) is 0 Å². The molecule has 43 heavy (non-hydrogen) atoms. The Morgan fingerprint density at radius 1 is 1.19 bits per heavy atom. The summed E-state index contributed by atoms with van der Waals surface area (Å²) in [5.41, 5.74) is 4.81. The topological polar surface area (TPSA) is 67.7 Å². The number of amides is 1. The van der Waals surface area contributed by atoms with Crippen LogP contribution in [0.2, 0.25) is 0 Å². The van der Waals surface area contributed by atoms with E-state index in [2.05, 4.69) is 30.1 Å². The fourth-order valence-electron chi connectivity index (χ4n) is 6.05. The van der Waals surface area contributed by atoms with Gasteiger partial charge in [-0.05, 0) is 81.9 Å². The Bertz CT molecular complexity index is 1390. The average molecular weight is 591 g/mol. The fourth-order valence-corrected chi connectivity index (χ4v) is 6.05. The molecule has 3 heterocycles. The van der Waals surface area contributed by atoms with Gasteiger partial charge in [-0.25, -0.2) is 9.07 Å². The van der Waals surface area contributed by atoms with Gasteiger partial charge < -0.3 is 14.5 Å². The monoisotopic (exact) mass is 590 g/mol. The van der Waals surface area contributed by atoms with Crippen LogP contribution in [-0.2, 0) is 14.3 Å². The van der Waals surface area contributed by atoms with Crippen LogP contribution in [0.25, 0.3) is 11.8 Å². The number of carbonyl (C=O) groups excluding carboxylic acids is 2. The quantitative estimate of drug-likeness (QED) is 0.193. The van der Waals surface area contributed by atoms with Crippen LogP contribution < -0.4 is 0 Å². The summed E-state index contributed by atoms with van der Waals surface area (Å²) < 4.78 is 21.5. The maximum atomic E-state index is 14.0. The Labute approximate surface area is 256 Å². The number of hydrogen-bond donors (Lipinski definition) is 0. The molecule has 4 rings (SSSR count). The molecule has 0 N–H and O–H groups in total. The highest BCUT2D eigenvalue weighted by Gasteiger charge is 2.35. The molecule has 2 aromatic rings. The Hall–Kier alpha value is -3.68. The molecule has 8 heteroatoms. The smallest absolute Gasteiger partial charge is 0.311 e. The number of aryl methyl sites for hydroxylation is 1. The van der Waals surface area contributed by atoms with Crippen molar-refractivity contribution >= 4 is 23.6 Å². The molecule has 2 atom stereocenters. The lowest BCUT2D eigenvalue weighted by Gasteiger charge is -2.28. The third-order valence-corrected chi connectivity index (χ3v) is 8.90. The standard InChI is InChI=1S/C35H47FN4O3/c1-8-9-16-35(6,7)34(42)43-29-15-18-38(23-29)33(41)20-25(3)31-22-37-40(27(31)5)19-14-26(4)39-17-10-11-32(39)30-21-28(36)13-12-24(30)2/h12-14,19,21-22,29,32H,3-4,8-11,15-18,20,23H2,1-2,5-7H3/b19-14-/t29-,32+/m0/s1. The fraction of sp³-hybridized carbons (Fsp3) is 0.514. The van der Waals surface area contributed by atoms with E-state index in [1.165, 1.54) is 6.07 Å². The van der Waals surface area contributed by atoms with Crippen molar-refractivity contribution in [2.45, 2.75) is 91.7 Å². The van der Waals surface area contributed by atoms with Gasteiger partial charge in [-0.3, -0.25) is 9.59 Å². The normalized spacial score (nSPS) is 18.9. The van der Waals surface area contributed by atoms with E-state index in [0.717, 1.165) is 66.7 Å². The van der Waals surface area contributed by atoms with E-state index in [9.17, 15) is 14.0 Å². The molecule has 1 amide bonds. The Kier molecular flexibility index (Phi) is 10.3. The highest BCUT2D eigenvalue weighted by atomic mass is 19.1. The predicted octanol–water partition coefficient (Wildman–Crippen LogP) is 7.22. The Balaban J connectivity index is 1.32. The molecule has 0 radical (unpaired) electrons. The zero-order chi connectivity index (χ0) is 31.3. The van der Waals surface area contributed by atoms with Crippen LogP contribution in [0, 0.1) is 25.1 Å². The number of aromatic nitrogens is 2. The maximum Gasteiger partial charge on any atom is 0.311 e. The second-order valence-corrected chi connectivity index (χ2v) is 12.7. The predicted molar refractivity (Wildman–Crippen MR) is 169 cm³/mol. The van der Waals surface area contributed by atoms with Gasteiger partial charge in [0, 0.05) is 42.7 Å². The number of rotatable bonds is 12. The van der Waals surface area contributed by atoms with E-state index < -0.39 is 5.41 Å². The summed E-state index contributed by atoms with van der Waals surface area (Å²) in [6.45, 7) is 20.3. The first-order valence-electron chi connectivity index (χ1n) is 15.5. The molecular weight excluding hydrogens is 543 g/mol. The van der Waals surface area contributed by atoms with Crippen LogP contribution in [0.3, 0.4) is 0 Å². The number of ether oxygens (including phenoxy) is 1. The largest absolute Gasteiger partial charge is 0.460 e. The van der Waals surface area contributed by atoms with Crippen molar-refractivity contribution in [3.05, 3.63) is 77.5 Å². The first-order valence-corrected chi connectivity index (χ1v) is 15.5. The molecule has 7 nitrogen and oxygen atoms in total. The van der Waals surface area contributed by atoms with Crippen molar-refractivity contribution in [3.63, 3.8) is 0 Å². The van der Waals surface area contributed by atoms with Crippen molar-refractivity contribution < 1.29 is 18.7 Å². The summed E-state index contributed by atoms with van der Waals surface area (Å²) in [6, 6.07) is 5.06. The van der Waals surface area contributed by atoms with Crippen molar-refractivity contribution in [1.82, 2.24) is 19.6 Å². The molecule has 0 bridgehead atoms. The lowest BCUT2D eigenvalue weighted by atomic mass is 9.87. The third kappa shape index (κ3) is 7.64. The number of benzene rings is 1. The summed E-state index contributed by atoms with van der Waals surface area (Å²) in [5.74, 6) is -0.438. The lowest BCUT2D eigenvalue weighted by molar-refractivity contribution is -0.159. The molecule has 2 saturated heterocycles. The highest BCUT2D eigenvalue weighted by Crippen LogP contribution is 2.37. The van der Waals surface area contributed by atoms with E-state index in [4.69, 9.17) is 4.74 Å². The van der Waals surface area contributed by atoms with Gasteiger partial charge in [-0.2, -0.15) is 5.10 Å². The van der Waals surface area contributed by atoms with Crippen LogP contribution in [0.1, 0.15) is 94.1 Å². The van der Waals surface area contributed by atoms with Gasteiger partial charge in [0.2, 0.25) is 5.91 Å². The van der Waals surface area contributed by atoms with Crippen molar-refractivity contribution in [3.8, 4) is 0 Å². The zero-order valence-corrected chi connectivity index (χ0v) is 26.5. The second-order valence-electron chi connectivity index (χ2n) is 12.7. The number of likely N-dealkylation sites (tertiary alicyclic amines) is 2. The van der Waals surface area contributed by atoms with Crippen molar-refractivity contribution in [1.29, 1.82) is 0 Å². The van der Waals surface area contributed by atoms with E-state index in [0.29, 0.717) is 25.1 Å². The number of nitrogens with zero attached hydrogens (tertiary/aromatic N) is 4. The minimum absolute atomic E-state index is 0.0300. The van der Waals surface area contributed by atoms with Crippen LogP contribution in [0.4, 0.5) is 4.39 Å². The van der Waals surface area contributed by atoms with Crippen molar-refractivity contribution in [2.75, 3.05) is 19.6 Å². The first-order chi connectivity index (χ1) is 20.4. The van der Waals surface area contributed by atoms with E-state index in [-0.39, 0.29) is 36.3 Å². The summed E-state index contributed by atoms with van der Waals surface area (Å²) in [5, 5.41) is 4.51. The van der Waals surface area contributed by atoms with Gasteiger partial charge in [0.15, 0.2) is 0 Å². The third-order valence-electron chi connectivity index (χ3n) is 8.90. The summed E-state index contributed by atoms with van der Waals surface area (Å²) in [6.07, 6.45) is 10.9. The molecule has 0 unspecified atom stereocenters. The Morgan fingerprint density at radius 2 is 1.95 bits per heavy atom. The SMILES string of the molecule is C=C(CC(=O)N1CC[C@H](OC(=O)C(C)(C)CCCC)C1)c1cnn(/C=C\C(=C)N2CCC[C@@H]2c2cc(F)ccc2C)c1C. The van der Waals surface area contributed by atoms with Crippen LogP contribution in [0.5, 0.6) is 0 Å². The molecule has 2 aliphatic heterocycles. The number of allylic oxidation sites excluding steroid dienone is 1. The van der Waals surface area contributed by atoms with Gasteiger partial charge in [-0.1, -0.05) is 39.0 Å². The summed E-state index contributed by atoms with van der Waals surface area (Å²) in [7, 11) is 0. The number of esters is 1. The molecule has 0 spiro atoms. The molecule has 1 aromatic carbocycles. The number of hydrogen-bond acceptors (Lipinski definition) is 5. The molecule has 0 aliphatic carbocycles. The van der Waals surface area contributed by atoms with E-state index in [1.54, 1.807) is 21.8 Å². The lowest BCUT2D eigenvalue weighted by Crippen LogP contribution is -2.34. The Morgan fingerprint density at radius 3 is 2.70 bits per heavy atom. The molecule has 1 aromatic heterocycles. The first kappa shape index (κ1) is 32.2. The van der Waals surface area contributed by atoms with Gasteiger partial charge in [0.1, 0.15) is 11.9 Å². The number of halogens is 1. The average Bonchev–Trinajstić information content (AvgIpc) is 3.72. The number of carbonyl (C=O) groups is 2. The van der Waals surface area contributed by atoms with Crippen LogP contribution >= 0.6 is 0 Å². The zero-order valence-electron chi connectivity index (χ0n) is 26.5. The van der Waals surface area contributed by atoms with Crippen LogP contribution in [0.15, 0.2) is 49.3 Å². The minimum atomic E-state index is -0.517. The maximum absolute atomic E-state index is 14.0. The van der Waals surface area contributed by atoms with Crippen molar-refractivity contribution in [2.24, 2.45) is 5.41 Å². The molecule has 2 aliphatic rings. The van der Waals surface area contributed by atoms with Gasteiger partial charge in [0.05, 0.1) is 30.6 Å². The van der Waals surface area contributed by atoms with E-state index >= 15 is 0 Å². The van der Waals surface area contributed by atoms with Crippen LogP contribution in [-0.4, -0.2) is 57.2 Å². The summed E-state index contributed by atoms with van der Waals surface area (Å²) >= 11 is 0. The minimum Gasteiger partial charge on any atom is -0.460 e. The molecular formula is C35H47FN4O3.